The molecule has 5 rings (SSSR count). The molecule has 0 radical (unpaired) electrons. The molecule has 2 saturated heterocycles. The molecule has 3 aromatic rings. The number of nitrogens with zero attached hydrogens (tertiary/aromatic N) is 2. The molecule has 2 aliphatic heterocycles. The number of anilines is 1. The third kappa shape index (κ3) is 4.21. The summed E-state index contributed by atoms with van der Waals surface area (Å²) < 4.78 is 19.1. The molecule has 3 aromatic carbocycles. The zero-order valence-electron chi connectivity index (χ0n) is 18.2. The van der Waals surface area contributed by atoms with Crippen molar-refractivity contribution in [2.45, 2.75) is 24.9 Å². The highest BCUT2D eigenvalue weighted by atomic mass is 19.1. The van der Waals surface area contributed by atoms with Crippen molar-refractivity contribution in [1.29, 1.82) is 0 Å². The van der Waals surface area contributed by atoms with Crippen LogP contribution in [0.3, 0.4) is 0 Å². The topological polar surface area (TPSA) is 49.9 Å². The first kappa shape index (κ1) is 21.2. The number of carbonyl (C=O) groups excluding carboxylic acids is 2. The number of rotatable bonds is 3. The van der Waals surface area contributed by atoms with Crippen LogP contribution in [0.25, 0.3) is 11.1 Å². The average molecular weight is 445 g/mol. The molecular weight excluding hydrogens is 419 g/mol. The molecule has 1 atom stereocenters. The molecule has 33 heavy (non-hydrogen) atoms. The van der Waals surface area contributed by atoms with Crippen LogP contribution in [-0.4, -0.2) is 42.1 Å². The standard InChI is InChI=1S/C27H25FN2O3/c28-21-11-13-22(14-12-21)30-19-27(33-26(30)32)15-6-17-29(18-16-27)25(31)24-10-5-4-9-23(24)20-7-2-1-3-8-20/h1-5,7-14H,6,15-19H2. The van der Waals surface area contributed by atoms with Gasteiger partial charge in [-0.25, -0.2) is 9.18 Å². The molecule has 0 N–H and O–H groups in total. The molecule has 2 aliphatic rings. The van der Waals surface area contributed by atoms with Crippen molar-refractivity contribution < 1.29 is 18.7 Å². The van der Waals surface area contributed by atoms with E-state index in [1.807, 2.05) is 59.5 Å². The minimum atomic E-state index is -0.639. The van der Waals surface area contributed by atoms with Crippen molar-refractivity contribution in [1.82, 2.24) is 4.90 Å². The van der Waals surface area contributed by atoms with Crippen molar-refractivity contribution in [3.63, 3.8) is 0 Å². The number of halogens is 1. The van der Waals surface area contributed by atoms with Gasteiger partial charge >= 0.3 is 6.09 Å². The van der Waals surface area contributed by atoms with Crippen LogP contribution in [0.4, 0.5) is 14.9 Å². The number of benzene rings is 3. The van der Waals surface area contributed by atoms with E-state index in [2.05, 4.69) is 0 Å². The van der Waals surface area contributed by atoms with Gasteiger partial charge in [-0.2, -0.15) is 0 Å². The summed E-state index contributed by atoms with van der Waals surface area (Å²) in [6.45, 7) is 1.52. The Bertz CT molecular complexity index is 1170. The van der Waals surface area contributed by atoms with Gasteiger partial charge in [0.2, 0.25) is 0 Å². The minimum absolute atomic E-state index is 0.00813. The van der Waals surface area contributed by atoms with Gasteiger partial charge in [-0.3, -0.25) is 9.69 Å². The Balaban J connectivity index is 1.33. The lowest BCUT2D eigenvalue weighted by Gasteiger charge is -2.26. The van der Waals surface area contributed by atoms with Crippen molar-refractivity contribution in [3.05, 3.63) is 90.2 Å². The Labute approximate surface area is 192 Å². The van der Waals surface area contributed by atoms with Crippen LogP contribution < -0.4 is 4.90 Å². The van der Waals surface area contributed by atoms with Crippen LogP contribution in [-0.2, 0) is 4.74 Å². The van der Waals surface area contributed by atoms with E-state index in [1.165, 1.54) is 12.1 Å². The van der Waals surface area contributed by atoms with Crippen LogP contribution in [0.2, 0.25) is 0 Å². The van der Waals surface area contributed by atoms with Crippen molar-refractivity contribution >= 4 is 17.7 Å². The SMILES string of the molecule is O=C(c1ccccc1-c1ccccc1)N1CCCC2(CC1)CN(c1ccc(F)cc1)C(=O)O2. The summed E-state index contributed by atoms with van der Waals surface area (Å²) in [7, 11) is 0. The average Bonchev–Trinajstić information content (AvgIpc) is 3.03. The summed E-state index contributed by atoms with van der Waals surface area (Å²) >= 11 is 0. The Morgan fingerprint density at radius 3 is 2.39 bits per heavy atom. The Kier molecular flexibility index (Phi) is 5.58. The van der Waals surface area contributed by atoms with Gasteiger partial charge in [-0.15, -0.1) is 0 Å². The second-order valence-corrected chi connectivity index (χ2v) is 8.67. The van der Waals surface area contributed by atoms with Crippen LogP contribution in [0.1, 0.15) is 29.6 Å². The fourth-order valence-corrected chi connectivity index (χ4v) is 4.78. The number of carbonyl (C=O) groups is 2. The maximum Gasteiger partial charge on any atom is 0.415 e. The van der Waals surface area contributed by atoms with Crippen LogP contribution in [0, 0.1) is 5.82 Å². The second-order valence-electron chi connectivity index (χ2n) is 8.67. The molecule has 1 unspecified atom stereocenters. The number of ether oxygens (including phenoxy) is 1. The van der Waals surface area contributed by atoms with Crippen LogP contribution in [0.15, 0.2) is 78.9 Å². The van der Waals surface area contributed by atoms with Gasteiger partial charge in [-0.1, -0.05) is 48.5 Å². The molecule has 2 heterocycles. The van der Waals surface area contributed by atoms with Crippen molar-refractivity contribution in [3.8, 4) is 11.1 Å². The molecule has 5 nitrogen and oxygen atoms in total. The van der Waals surface area contributed by atoms with E-state index in [9.17, 15) is 14.0 Å². The van der Waals surface area contributed by atoms with Crippen molar-refractivity contribution in [2.75, 3.05) is 24.5 Å². The highest BCUT2D eigenvalue weighted by Gasteiger charge is 2.46. The molecule has 0 aromatic heterocycles. The van der Waals surface area contributed by atoms with E-state index < -0.39 is 11.7 Å². The Hall–Kier alpha value is -3.67. The van der Waals surface area contributed by atoms with Gasteiger partial charge in [0.1, 0.15) is 11.4 Å². The third-order valence-corrected chi connectivity index (χ3v) is 6.54. The van der Waals surface area contributed by atoms with Gasteiger partial charge in [0, 0.05) is 30.8 Å². The predicted octanol–water partition coefficient (Wildman–Crippen LogP) is 5.51. The fraction of sp³-hybridized carbons (Fsp3) is 0.259. The minimum Gasteiger partial charge on any atom is -0.441 e. The number of amides is 2. The van der Waals surface area contributed by atoms with Gasteiger partial charge in [-0.05, 0) is 54.3 Å². The van der Waals surface area contributed by atoms with Crippen LogP contribution in [0.5, 0.6) is 0 Å². The molecule has 1 spiro atoms. The maximum absolute atomic E-state index is 13.5. The molecule has 0 aliphatic carbocycles. The number of hydrogen-bond donors (Lipinski definition) is 0. The molecule has 2 amide bonds. The van der Waals surface area contributed by atoms with Crippen LogP contribution >= 0.6 is 0 Å². The number of likely N-dealkylation sites (tertiary alicyclic amines) is 1. The summed E-state index contributed by atoms with van der Waals surface area (Å²) in [5.41, 5.74) is 2.58. The highest BCUT2D eigenvalue weighted by Crippen LogP contribution is 2.36. The van der Waals surface area contributed by atoms with Crippen molar-refractivity contribution in [2.24, 2.45) is 0 Å². The smallest absolute Gasteiger partial charge is 0.415 e. The Morgan fingerprint density at radius 2 is 1.61 bits per heavy atom. The first-order valence-electron chi connectivity index (χ1n) is 11.2. The van der Waals surface area contributed by atoms with Gasteiger partial charge in [0.15, 0.2) is 0 Å². The summed E-state index contributed by atoms with van der Waals surface area (Å²) in [6.07, 6.45) is 1.57. The molecular formula is C27H25FN2O3. The monoisotopic (exact) mass is 444 g/mol. The van der Waals surface area contributed by atoms with Gasteiger partial charge in [0.25, 0.3) is 5.91 Å². The fourth-order valence-electron chi connectivity index (χ4n) is 4.78. The summed E-state index contributed by atoms with van der Waals surface area (Å²) in [6, 6.07) is 23.4. The largest absolute Gasteiger partial charge is 0.441 e. The van der Waals surface area contributed by atoms with E-state index in [0.29, 0.717) is 43.7 Å². The second kappa shape index (κ2) is 8.70. The summed E-state index contributed by atoms with van der Waals surface area (Å²) in [5.74, 6) is -0.355. The molecule has 168 valence electrons. The van der Waals surface area contributed by atoms with Gasteiger partial charge < -0.3 is 9.64 Å². The predicted molar refractivity (Wildman–Crippen MR) is 125 cm³/mol. The van der Waals surface area contributed by atoms with Gasteiger partial charge in [0.05, 0.1) is 6.54 Å². The highest BCUT2D eigenvalue weighted by molar-refractivity contribution is 6.01. The van der Waals surface area contributed by atoms with E-state index in [-0.39, 0.29) is 11.7 Å². The zero-order chi connectivity index (χ0) is 22.8. The third-order valence-electron chi connectivity index (χ3n) is 6.54. The lowest BCUT2D eigenvalue weighted by atomic mass is 9.94. The first-order chi connectivity index (χ1) is 16.0. The first-order valence-corrected chi connectivity index (χ1v) is 11.2. The maximum atomic E-state index is 13.5. The van der Waals surface area contributed by atoms with E-state index in [1.54, 1.807) is 17.0 Å². The van der Waals surface area contributed by atoms with E-state index in [4.69, 9.17) is 4.74 Å². The molecule has 0 bridgehead atoms. The quantitative estimate of drug-likeness (QED) is 0.535. The zero-order valence-corrected chi connectivity index (χ0v) is 18.2. The summed E-state index contributed by atoms with van der Waals surface area (Å²) in [5, 5.41) is 0. The molecule has 2 fully saturated rings. The lowest BCUT2D eigenvalue weighted by molar-refractivity contribution is 0.0439. The van der Waals surface area contributed by atoms with E-state index in [0.717, 1.165) is 17.5 Å². The molecule has 6 heteroatoms. The summed E-state index contributed by atoms with van der Waals surface area (Å²) in [4.78, 5) is 29.5. The Morgan fingerprint density at radius 1 is 0.879 bits per heavy atom. The van der Waals surface area contributed by atoms with E-state index >= 15 is 0 Å². The molecule has 0 saturated carbocycles. The number of hydrogen-bond acceptors (Lipinski definition) is 3. The lowest BCUT2D eigenvalue weighted by Crippen LogP contribution is -2.37. The normalized spacial score (nSPS) is 20.6.